The van der Waals surface area contributed by atoms with Crippen LogP contribution in [-0.2, 0) is 14.3 Å². The Balaban J connectivity index is 1.63. The first-order valence-electron chi connectivity index (χ1n) is 10.2. The molecule has 1 aromatic rings. The van der Waals surface area contributed by atoms with E-state index in [4.69, 9.17) is 24.3 Å². The van der Waals surface area contributed by atoms with Gasteiger partial charge in [0.1, 0.15) is 5.75 Å². The van der Waals surface area contributed by atoms with E-state index >= 15 is 0 Å². The third-order valence-corrected chi connectivity index (χ3v) is 6.23. The molecule has 1 aliphatic rings. The molecule has 0 fully saturated rings. The Kier molecular flexibility index (Phi) is 11.2. The van der Waals surface area contributed by atoms with Crippen molar-refractivity contribution in [1.82, 2.24) is 0 Å². The van der Waals surface area contributed by atoms with Crippen LogP contribution in [0.15, 0.2) is 35.9 Å². The molecular formula is C21H30BIO7. The number of alkyl halides is 1. The van der Waals surface area contributed by atoms with E-state index < -0.39 is 13.4 Å². The summed E-state index contributed by atoms with van der Waals surface area (Å²) in [6.07, 6.45) is 4.87. The zero-order valence-electron chi connectivity index (χ0n) is 17.2. The summed E-state index contributed by atoms with van der Waals surface area (Å²) in [5.41, 5.74) is 1.18. The van der Waals surface area contributed by atoms with Crippen LogP contribution >= 0.6 is 22.6 Å². The minimum Gasteiger partial charge on any atom is -0.465 e. The Morgan fingerprint density at radius 2 is 1.93 bits per heavy atom. The van der Waals surface area contributed by atoms with Crippen molar-refractivity contribution in [2.75, 3.05) is 17.6 Å². The minimum absolute atomic E-state index is 0.0581. The maximum absolute atomic E-state index is 11.6. The van der Waals surface area contributed by atoms with Gasteiger partial charge in [0.25, 0.3) is 0 Å². The number of ether oxygens (including phenoxy) is 3. The number of hydrogen-bond acceptors (Lipinski definition) is 7. The van der Waals surface area contributed by atoms with E-state index in [2.05, 4.69) is 22.6 Å². The molecular weight excluding hydrogens is 502 g/mol. The van der Waals surface area contributed by atoms with Crippen molar-refractivity contribution < 1.29 is 34.2 Å². The van der Waals surface area contributed by atoms with E-state index in [1.807, 2.05) is 13.0 Å². The van der Waals surface area contributed by atoms with Gasteiger partial charge in [-0.25, -0.2) is 0 Å². The summed E-state index contributed by atoms with van der Waals surface area (Å²) < 4.78 is 17.4. The van der Waals surface area contributed by atoms with Crippen molar-refractivity contribution in [3.8, 4) is 5.75 Å². The van der Waals surface area contributed by atoms with Crippen LogP contribution in [0.2, 0.25) is 0 Å². The van der Waals surface area contributed by atoms with Crippen molar-refractivity contribution in [2.45, 2.75) is 51.4 Å². The molecule has 9 heteroatoms. The van der Waals surface area contributed by atoms with E-state index in [-0.39, 0.29) is 18.0 Å². The van der Waals surface area contributed by atoms with Crippen molar-refractivity contribution in [1.29, 1.82) is 0 Å². The number of esters is 1. The number of aliphatic hydroxyl groups excluding tert-OH is 1. The second kappa shape index (κ2) is 13.3. The Hall–Kier alpha value is -1.14. The van der Waals surface area contributed by atoms with Gasteiger partial charge in [0.15, 0.2) is 0 Å². The lowest BCUT2D eigenvalue weighted by Gasteiger charge is -2.25. The second-order valence-electron chi connectivity index (χ2n) is 7.39. The average Bonchev–Trinajstić information content (AvgIpc) is 2.76. The summed E-state index contributed by atoms with van der Waals surface area (Å²) in [4.78, 5) is 11.6. The van der Waals surface area contributed by atoms with Crippen molar-refractivity contribution in [3.05, 3.63) is 35.9 Å². The van der Waals surface area contributed by atoms with Gasteiger partial charge in [0.2, 0.25) is 6.29 Å². The molecule has 0 aliphatic heterocycles. The molecule has 166 valence electrons. The lowest BCUT2D eigenvalue weighted by atomic mass is 9.80. The zero-order chi connectivity index (χ0) is 21.9. The molecule has 1 aromatic carbocycles. The molecule has 3 N–H and O–H groups in total. The van der Waals surface area contributed by atoms with Gasteiger partial charge in [-0.05, 0) is 55.3 Å². The summed E-state index contributed by atoms with van der Waals surface area (Å²) in [5.74, 6) is 0.259. The maximum atomic E-state index is 11.6. The molecule has 2 rings (SSSR count). The molecule has 30 heavy (non-hydrogen) atoms. The van der Waals surface area contributed by atoms with Gasteiger partial charge >= 0.3 is 13.1 Å². The highest BCUT2D eigenvalue weighted by atomic mass is 127. The molecule has 7 nitrogen and oxygen atoms in total. The Morgan fingerprint density at radius 3 is 2.53 bits per heavy atom. The fourth-order valence-electron chi connectivity index (χ4n) is 2.96. The van der Waals surface area contributed by atoms with Gasteiger partial charge in [-0.1, -0.05) is 47.7 Å². The van der Waals surface area contributed by atoms with Gasteiger partial charge in [0.05, 0.1) is 18.6 Å². The van der Waals surface area contributed by atoms with E-state index in [1.54, 1.807) is 12.1 Å². The fourth-order valence-corrected chi connectivity index (χ4v) is 3.32. The number of carbonyl (C=O) groups is 1. The molecule has 0 spiro atoms. The topological polar surface area (TPSA) is 105 Å². The molecule has 0 saturated heterocycles. The van der Waals surface area contributed by atoms with Gasteiger partial charge in [-0.15, -0.1) is 0 Å². The van der Waals surface area contributed by atoms with Crippen LogP contribution in [0.5, 0.6) is 5.75 Å². The Bertz CT molecular complexity index is 680. The molecule has 0 heterocycles. The molecule has 0 radical (unpaired) electrons. The van der Waals surface area contributed by atoms with Crippen LogP contribution in [0.25, 0.3) is 0 Å². The number of hydrogen-bond donors (Lipinski definition) is 3. The summed E-state index contributed by atoms with van der Waals surface area (Å²) in [7, 11) is -1.53. The fraction of sp³-hybridized carbons (Fsp3) is 0.571. The SMILES string of the molecule is CC(CI)C(=O)OCCCCOC1CC=C(C(O)Oc2ccc(B(O)O)cc2)CC1. The van der Waals surface area contributed by atoms with E-state index in [0.29, 0.717) is 37.3 Å². The van der Waals surface area contributed by atoms with Gasteiger partial charge in [-0.3, -0.25) is 4.79 Å². The standard InChI is InChI=1S/C21H30BIO7/c1-15(14-23)20(24)29-13-3-2-12-28-18-8-4-16(5-9-18)21(25)30-19-10-6-17(7-11-19)22(26)27/h4,6-7,10-11,15,18,21,25-27H,2-3,5,8-9,12-14H2,1H3. The van der Waals surface area contributed by atoms with Crippen molar-refractivity contribution in [2.24, 2.45) is 5.92 Å². The quantitative estimate of drug-likeness (QED) is 0.0720. The van der Waals surface area contributed by atoms with Crippen molar-refractivity contribution >= 4 is 41.1 Å². The highest BCUT2D eigenvalue weighted by Crippen LogP contribution is 2.25. The third-order valence-electron chi connectivity index (χ3n) is 4.91. The lowest BCUT2D eigenvalue weighted by Crippen LogP contribution is -2.29. The number of halogens is 1. The van der Waals surface area contributed by atoms with Crippen LogP contribution in [0.3, 0.4) is 0 Å². The highest BCUT2D eigenvalue weighted by Gasteiger charge is 2.21. The number of benzene rings is 1. The summed E-state index contributed by atoms with van der Waals surface area (Å²) >= 11 is 2.18. The van der Waals surface area contributed by atoms with Crippen LogP contribution in [0.1, 0.15) is 39.0 Å². The van der Waals surface area contributed by atoms with Crippen LogP contribution in [0, 0.1) is 5.92 Å². The summed E-state index contributed by atoms with van der Waals surface area (Å²) in [5, 5.41) is 28.5. The summed E-state index contributed by atoms with van der Waals surface area (Å²) in [6, 6.07) is 6.26. The Morgan fingerprint density at radius 1 is 1.23 bits per heavy atom. The molecule has 0 bridgehead atoms. The molecule has 0 aromatic heterocycles. The maximum Gasteiger partial charge on any atom is 0.488 e. The predicted molar refractivity (Wildman–Crippen MR) is 123 cm³/mol. The van der Waals surface area contributed by atoms with Gasteiger partial charge in [-0.2, -0.15) is 0 Å². The smallest absolute Gasteiger partial charge is 0.465 e. The molecule has 0 saturated carbocycles. The number of aliphatic hydroxyl groups is 1. The number of rotatable bonds is 12. The molecule has 3 unspecified atom stereocenters. The average molecular weight is 532 g/mol. The first kappa shape index (κ1) is 25.1. The van der Waals surface area contributed by atoms with Crippen LogP contribution in [-0.4, -0.2) is 58.3 Å². The molecule has 1 aliphatic carbocycles. The normalized spacial score (nSPS) is 18.3. The third kappa shape index (κ3) is 8.54. The van der Waals surface area contributed by atoms with Gasteiger partial charge in [0, 0.05) is 11.0 Å². The van der Waals surface area contributed by atoms with Crippen LogP contribution < -0.4 is 10.2 Å². The first-order chi connectivity index (χ1) is 14.4. The minimum atomic E-state index is -1.53. The van der Waals surface area contributed by atoms with Gasteiger partial charge < -0.3 is 29.4 Å². The zero-order valence-corrected chi connectivity index (χ0v) is 19.4. The number of unbranched alkanes of at least 4 members (excludes halogenated alkanes) is 1. The molecule has 3 atom stereocenters. The Labute approximate surface area is 191 Å². The first-order valence-corrected chi connectivity index (χ1v) is 11.8. The second-order valence-corrected chi connectivity index (χ2v) is 8.27. The predicted octanol–water partition coefficient (Wildman–Crippen LogP) is 1.95. The van der Waals surface area contributed by atoms with Crippen LogP contribution in [0.4, 0.5) is 0 Å². The number of carbonyl (C=O) groups excluding carboxylic acids is 1. The lowest BCUT2D eigenvalue weighted by molar-refractivity contribution is -0.147. The largest absolute Gasteiger partial charge is 0.488 e. The van der Waals surface area contributed by atoms with E-state index in [9.17, 15) is 9.90 Å². The van der Waals surface area contributed by atoms with E-state index in [0.717, 1.165) is 29.3 Å². The van der Waals surface area contributed by atoms with E-state index in [1.165, 1.54) is 12.1 Å². The monoisotopic (exact) mass is 532 g/mol. The van der Waals surface area contributed by atoms with Crippen molar-refractivity contribution in [3.63, 3.8) is 0 Å². The summed E-state index contributed by atoms with van der Waals surface area (Å²) in [6.45, 7) is 2.91. The molecule has 0 amide bonds. The highest BCUT2D eigenvalue weighted by molar-refractivity contribution is 14.1.